The first kappa shape index (κ1) is 16.3. The fourth-order valence-electron chi connectivity index (χ4n) is 1.44. The number of carbonyl (C=O) groups is 1. The summed E-state index contributed by atoms with van der Waals surface area (Å²) in [5.74, 6) is -0.283. The predicted molar refractivity (Wildman–Crippen MR) is 80.9 cm³/mol. The van der Waals surface area contributed by atoms with E-state index in [9.17, 15) is 4.79 Å². The molecule has 0 aliphatic heterocycles. The molecule has 1 amide bonds. The van der Waals surface area contributed by atoms with Crippen LogP contribution in [-0.4, -0.2) is 30.9 Å². The zero-order chi connectivity index (χ0) is 14.4. The Morgan fingerprint density at radius 2 is 2.21 bits per heavy atom. The number of nitrogens with two attached hydrogens (primary N) is 1. The smallest absolute Gasteiger partial charge is 0.243 e. The van der Waals surface area contributed by atoms with E-state index >= 15 is 0 Å². The molecule has 1 unspecified atom stereocenters. The van der Waals surface area contributed by atoms with Crippen molar-refractivity contribution in [1.29, 1.82) is 0 Å². The van der Waals surface area contributed by atoms with E-state index in [2.05, 4.69) is 19.2 Å². The third-order valence-electron chi connectivity index (χ3n) is 2.26. The summed E-state index contributed by atoms with van der Waals surface area (Å²) in [6, 6.07) is 4.72. The molecule has 3 N–H and O–H groups in total. The highest BCUT2D eigenvalue weighted by atomic mass is 35.5. The van der Waals surface area contributed by atoms with Gasteiger partial charge in [-0.05, 0) is 12.1 Å². The van der Waals surface area contributed by atoms with Crippen molar-refractivity contribution in [2.45, 2.75) is 30.0 Å². The number of methoxy groups -OCH3 is 1. The number of ether oxygens (including phenoxy) is 1. The molecule has 106 valence electrons. The zero-order valence-electron chi connectivity index (χ0n) is 11.3. The third-order valence-corrected chi connectivity index (χ3v) is 3.84. The van der Waals surface area contributed by atoms with Crippen LogP contribution in [0.15, 0.2) is 23.1 Å². The van der Waals surface area contributed by atoms with Gasteiger partial charge in [0.1, 0.15) is 6.04 Å². The Morgan fingerprint density at radius 1 is 1.53 bits per heavy atom. The summed E-state index contributed by atoms with van der Waals surface area (Å²) in [6.45, 7) is 4.31. The van der Waals surface area contributed by atoms with Crippen LogP contribution < -0.4 is 11.1 Å². The Bertz CT molecular complexity index is 441. The summed E-state index contributed by atoms with van der Waals surface area (Å²) in [5.41, 5.74) is 6.37. The van der Waals surface area contributed by atoms with Gasteiger partial charge in [-0.15, -0.1) is 11.8 Å². The Kier molecular flexibility index (Phi) is 6.65. The van der Waals surface area contributed by atoms with Crippen molar-refractivity contribution in [1.82, 2.24) is 0 Å². The summed E-state index contributed by atoms with van der Waals surface area (Å²) >= 11 is 7.77. The molecular formula is C13H19ClN2O2S. The summed E-state index contributed by atoms with van der Waals surface area (Å²) < 4.78 is 4.86. The SMILES string of the molecule is COCC(N)C(=O)Nc1cccc(Cl)c1SC(C)C. The number of benzene rings is 1. The molecule has 1 rings (SSSR count). The Labute approximate surface area is 123 Å². The fraction of sp³-hybridized carbons (Fsp3) is 0.462. The Balaban J connectivity index is 2.88. The molecule has 0 bridgehead atoms. The van der Waals surface area contributed by atoms with E-state index in [1.807, 2.05) is 6.07 Å². The molecule has 1 aromatic carbocycles. The Hall–Kier alpha value is -0.750. The quantitative estimate of drug-likeness (QED) is 0.793. The van der Waals surface area contributed by atoms with Crippen LogP contribution >= 0.6 is 23.4 Å². The summed E-state index contributed by atoms with van der Waals surface area (Å²) in [5, 5.41) is 3.78. The van der Waals surface area contributed by atoms with Gasteiger partial charge in [0.05, 0.1) is 17.3 Å². The van der Waals surface area contributed by atoms with Gasteiger partial charge in [0.15, 0.2) is 0 Å². The molecule has 0 aliphatic rings. The molecule has 0 fully saturated rings. The van der Waals surface area contributed by atoms with E-state index in [0.29, 0.717) is 16.0 Å². The first-order valence-electron chi connectivity index (χ1n) is 5.96. The van der Waals surface area contributed by atoms with E-state index in [-0.39, 0.29) is 12.5 Å². The van der Waals surface area contributed by atoms with Gasteiger partial charge < -0.3 is 15.8 Å². The molecule has 6 heteroatoms. The predicted octanol–water partition coefficient (Wildman–Crippen LogP) is 2.75. The number of anilines is 1. The number of hydrogen-bond acceptors (Lipinski definition) is 4. The van der Waals surface area contributed by atoms with Crippen LogP contribution in [0, 0.1) is 0 Å². The summed E-state index contributed by atoms with van der Waals surface area (Å²) in [6.07, 6.45) is 0. The molecule has 1 aromatic rings. The first-order valence-corrected chi connectivity index (χ1v) is 7.22. The average Bonchev–Trinajstić information content (AvgIpc) is 2.33. The molecule has 0 aliphatic carbocycles. The Morgan fingerprint density at radius 3 is 2.79 bits per heavy atom. The maximum atomic E-state index is 11.9. The molecule has 4 nitrogen and oxygen atoms in total. The van der Waals surface area contributed by atoms with Crippen LogP contribution in [0.25, 0.3) is 0 Å². The van der Waals surface area contributed by atoms with E-state index in [0.717, 1.165) is 4.90 Å². The number of hydrogen-bond donors (Lipinski definition) is 2. The maximum Gasteiger partial charge on any atom is 0.243 e. The van der Waals surface area contributed by atoms with Gasteiger partial charge in [0.2, 0.25) is 5.91 Å². The lowest BCUT2D eigenvalue weighted by molar-refractivity contribution is -0.118. The van der Waals surface area contributed by atoms with Gasteiger partial charge in [-0.1, -0.05) is 31.5 Å². The maximum absolute atomic E-state index is 11.9. The minimum Gasteiger partial charge on any atom is -0.383 e. The highest BCUT2D eigenvalue weighted by Gasteiger charge is 2.16. The molecule has 0 spiro atoms. The summed E-state index contributed by atoms with van der Waals surface area (Å²) in [7, 11) is 1.51. The van der Waals surface area contributed by atoms with Crippen molar-refractivity contribution in [2.24, 2.45) is 5.73 Å². The van der Waals surface area contributed by atoms with Crippen molar-refractivity contribution >= 4 is 35.0 Å². The van der Waals surface area contributed by atoms with Crippen LogP contribution in [0.2, 0.25) is 5.02 Å². The van der Waals surface area contributed by atoms with Crippen LogP contribution in [0.1, 0.15) is 13.8 Å². The molecule has 0 heterocycles. The lowest BCUT2D eigenvalue weighted by Gasteiger charge is -2.16. The van der Waals surface area contributed by atoms with Gasteiger partial charge in [-0.3, -0.25) is 4.79 Å². The van der Waals surface area contributed by atoms with Gasteiger partial charge in [-0.25, -0.2) is 0 Å². The molecule has 1 atom stereocenters. The minimum atomic E-state index is -0.694. The third kappa shape index (κ3) is 5.03. The molecule has 0 aromatic heterocycles. The van der Waals surface area contributed by atoms with Gasteiger partial charge in [0.25, 0.3) is 0 Å². The number of amides is 1. The first-order chi connectivity index (χ1) is 8.95. The normalized spacial score (nSPS) is 12.5. The van der Waals surface area contributed by atoms with Gasteiger partial charge in [-0.2, -0.15) is 0 Å². The van der Waals surface area contributed by atoms with Crippen molar-refractivity contribution in [3.8, 4) is 0 Å². The van der Waals surface area contributed by atoms with Gasteiger partial charge in [0, 0.05) is 17.3 Å². The topological polar surface area (TPSA) is 64.3 Å². The largest absolute Gasteiger partial charge is 0.383 e. The minimum absolute atomic E-state index is 0.180. The number of carbonyl (C=O) groups excluding carboxylic acids is 1. The van der Waals surface area contributed by atoms with Crippen LogP contribution in [-0.2, 0) is 9.53 Å². The molecule has 19 heavy (non-hydrogen) atoms. The zero-order valence-corrected chi connectivity index (χ0v) is 12.8. The van der Waals surface area contributed by atoms with Gasteiger partial charge >= 0.3 is 0 Å². The van der Waals surface area contributed by atoms with Crippen LogP contribution in [0.3, 0.4) is 0 Å². The summed E-state index contributed by atoms with van der Waals surface area (Å²) in [4.78, 5) is 12.7. The van der Waals surface area contributed by atoms with E-state index < -0.39 is 6.04 Å². The van der Waals surface area contributed by atoms with Crippen molar-refractivity contribution < 1.29 is 9.53 Å². The second kappa shape index (κ2) is 7.75. The number of thioether (sulfide) groups is 1. The van der Waals surface area contributed by atoms with E-state index in [1.54, 1.807) is 23.9 Å². The highest BCUT2D eigenvalue weighted by Crippen LogP contribution is 2.36. The van der Waals surface area contributed by atoms with Crippen LogP contribution in [0.4, 0.5) is 5.69 Å². The highest BCUT2D eigenvalue weighted by molar-refractivity contribution is 8.00. The lowest BCUT2D eigenvalue weighted by Crippen LogP contribution is -2.39. The molecule has 0 radical (unpaired) electrons. The van der Waals surface area contributed by atoms with Crippen molar-refractivity contribution in [3.63, 3.8) is 0 Å². The number of nitrogens with one attached hydrogen (secondary N) is 1. The van der Waals surface area contributed by atoms with E-state index in [4.69, 9.17) is 22.1 Å². The number of halogens is 1. The fourth-order valence-corrected chi connectivity index (χ4v) is 2.65. The van der Waals surface area contributed by atoms with Crippen molar-refractivity contribution in [2.75, 3.05) is 19.0 Å². The standard InChI is InChI=1S/C13H19ClN2O2S/c1-8(2)19-12-9(14)5-4-6-11(12)16-13(17)10(15)7-18-3/h4-6,8,10H,7,15H2,1-3H3,(H,16,17). The van der Waals surface area contributed by atoms with Crippen LogP contribution in [0.5, 0.6) is 0 Å². The molecule has 0 saturated heterocycles. The second-order valence-electron chi connectivity index (χ2n) is 4.33. The number of rotatable bonds is 6. The monoisotopic (exact) mass is 302 g/mol. The van der Waals surface area contributed by atoms with Crippen molar-refractivity contribution in [3.05, 3.63) is 23.2 Å². The van der Waals surface area contributed by atoms with E-state index in [1.165, 1.54) is 7.11 Å². The lowest BCUT2D eigenvalue weighted by atomic mass is 10.2. The molecular weight excluding hydrogens is 284 g/mol. The molecule has 0 saturated carbocycles. The average molecular weight is 303 g/mol. The second-order valence-corrected chi connectivity index (χ2v) is 6.33.